The zero-order chi connectivity index (χ0) is 20.7. The molecule has 0 fully saturated rings. The molecule has 2 rings (SSSR count). The fourth-order valence-corrected chi connectivity index (χ4v) is 3.36. The Hall–Kier alpha value is -2.40. The van der Waals surface area contributed by atoms with Crippen LogP contribution in [-0.2, 0) is 10.2 Å². The van der Waals surface area contributed by atoms with Gasteiger partial charge < -0.3 is 14.6 Å². The van der Waals surface area contributed by atoms with Crippen molar-refractivity contribution in [1.82, 2.24) is 0 Å². The number of carboxylic acid groups (broad SMARTS) is 1. The number of carboxylic acids is 1. The number of benzene rings is 2. The van der Waals surface area contributed by atoms with Gasteiger partial charge in [0.15, 0.2) is 6.61 Å². The lowest BCUT2D eigenvalue weighted by atomic mass is 9.87. The van der Waals surface area contributed by atoms with Gasteiger partial charge in [-0.05, 0) is 59.4 Å². The van der Waals surface area contributed by atoms with Crippen molar-refractivity contribution in [2.24, 2.45) is 0 Å². The normalized spacial score (nSPS) is 11.1. The highest BCUT2D eigenvalue weighted by molar-refractivity contribution is 7.99. The highest BCUT2D eigenvalue weighted by Gasteiger charge is 2.13. The summed E-state index contributed by atoms with van der Waals surface area (Å²) in [5.41, 5.74) is 3.31. The van der Waals surface area contributed by atoms with Crippen LogP contribution in [0.15, 0.2) is 59.5 Å². The maximum atomic E-state index is 10.6. The first kappa shape index (κ1) is 21.9. The lowest BCUT2D eigenvalue weighted by molar-refractivity contribution is -0.139. The van der Waals surface area contributed by atoms with E-state index in [-0.39, 0.29) is 12.0 Å². The fraction of sp³-hybridized carbons (Fsp3) is 0.348. The van der Waals surface area contributed by atoms with E-state index >= 15 is 0 Å². The van der Waals surface area contributed by atoms with Crippen molar-refractivity contribution >= 4 is 17.7 Å². The van der Waals surface area contributed by atoms with Crippen molar-refractivity contribution in [2.45, 2.75) is 38.0 Å². The van der Waals surface area contributed by atoms with Gasteiger partial charge in [-0.25, -0.2) is 4.79 Å². The Morgan fingerprint density at radius 3 is 2.32 bits per heavy atom. The van der Waals surface area contributed by atoms with Crippen LogP contribution in [0.4, 0.5) is 0 Å². The van der Waals surface area contributed by atoms with Gasteiger partial charge in [0.05, 0.1) is 0 Å². The van der Waals surface area contributed by atoms with Crippen LogP contribution in [-0.4, -0.2) is 30.0 Å². The number of rotatable bonds is 9. The van der Waals surface area contributed by atoms with E-state index in [1.165, 1.54) is 5.56 Å². The van der Waals surface area contributed by atoms with E-state index in [0.29, 0.717) is 12.4 Å². The van der Waals surface area contributed by atoms with E-state index in [9.17, 15) is 4.79 Å². The molecule has 0 spiro atoms. The number of thioether (sulfide) groups is 1. The smallest absolute Gasteiger partial charge is 0.341 e. The Morgan fingerprint density at radius 1 is 1.07 bits per heavy atom. The van der Waals surface area contributed by atoms with Crippen molar-refractivity contribution in [3.05, 3.63) is 65.7 Å². The molecule has 4 nitrogen and oxygen atoms in total. The summed E-state index contributed by atoms with van der Waals surface area (Å²) in [6, 6.07) is 13.9. The molecule has 0 saturated carbocycles. The quantitative estimate of drug-likeness (QED) is 0.446. The summed E-state index contributed by atoms with van der Waals surface area (Å²) in [4.78, 5) is 11.7. The van der Waals surface area contributed by atoms with E-state index in [0.717, 1.165) is 27.5 Å². The van der Waals surface area contributed by atoms with Crippen LogP contribution in [0.5, 0.6) is 11.5 Å². The summed E-state index contributed by atoms with van der Waals surface area (Å²) in [6.45, 7) is 12.7. The molecule has 0 aliphatic heterocycles. The molecule has 0 unspecified atom stereocenters. The van der Waals surface area contributed by atoms with Gasteiger partial charge in [-0.3, -0.25) is 0 Å². The molecule has 0 aliphatic rings. The highest BCUT2D eigenvalue weighted by Crippen LogP contribution is 2.27. The fourth-order valence-electron chi connectivity index (χ4n) is 2.48. The molecule has 150 valence electrons. The molecule has 0 bridgehead atoms. The Labute approximate surface area is 171 Å². The maximum absolute atomic E-state index is 10.6. The third kappa shape index (κ3) is 6.97. The third-order valence-electron chi connectivity index (χ3n) is 4.10. The van der Waals surface area contributed by atoms with Gasteiger partial charge in [-0.1, -0.05) is 39.5 Å². The molecular weight excluding hydrogens is 372 g/mol. The molecular formula is C23H28O4S. The van der Waals surface area contributed by atoms with Gasteiger partial charge in [0.1, 0.15) is 18.1 Å². The van der Waals surface area contributed by atoms with Crippen LogP contribution in [0.2, 0.25) is 0 Å². The SMILES string of the molecule is C=C(COc1ccc(C(C)(C)C)cc1)CSc1ccc(OCC(=O)O)c(C)c1. The van der Waals surface area contributed by atoms with Gasteiger partial charge in [0, 0.05) is 10.6 Å². The lowest BCUT2D eigenvalue weighted by Crippen LogP contribution is -2.10. The van der Waals surface area contributed by atoms with Gasteiger partial charge in [0.2, 0.25) is 0 Å². The summed E-state index contributed by atoms with van der Waals surface area (Å²) in [5.74, 6) is 1.19. The first-order chi connectivity index (χ1) is 13.1. The van der Waals surface area contributed by atoms with E-state index in [4.69, 9.17) is 14.6 Å². The first-order valence-corrected chi connectivity index (χ1v) is 10.1. The molecule has 0 aliphatic carbocycles. The van der Waals surface area contributed by atoms with E-state index in [1.54, 1.807) is 17.8 Å². The second-order valence-electron chi connectivity index (χ2n) is 7.71. The molecule has 0 heterocycles. The van der Waals surface area contributed by atoms with Crippen LogP contribution in [0, 0.1) is 6.92 Å². The summed E-state index contributed by atoms with van der Waals surface area (Å²) >= 11 is 1.67. The molecule has 0 radical (unpaired) electrons. The van der Waals surface area contributed by atoms with Gasteiger partial charge in [0.25, 0.3) is 0 Å². The third-order valence-corrected chi connectivity index (χ3v) is 5.24. The minimum Gasteiger partial charge on any atom is -0.489 e. The van der Waals surface area contributed by atoms with E-state index < -0.39 is 5.97 Å². The van der Waals surface area contributed by atoms with E-state index in [2.05, 4.69) is 39.5 Å². The van der Waals surface area contributed by atoms with Crippen LogP contribution in [0.25, 0.3) is 0 Å². The molecule has 28 heavy (non-hydrogen) atoms. The predicted octanol–water partition coefficient (Wildman–Crippen LogP) is 5.48. The molecule has 2 aromatic carbocycles. The molecule has 0 amide bonds. The van der Waals surface area contributed by atoms with Crippen molar-refractivity contribution in [3.8, 4) is 11.5 Å². The van der Waals surface area contributed by atoms with Crippen LogP contribution < -0.4 is 9.47 Å². The van der Waals surface area contributed by atoms with Crippen LogP contribution >= 0.6 is 11.8 Å². The van der Waals surface area contributed by atoms with Crippen LogP contribution in [0.1, 0.15) is 31.9 Å². The van der Waals surface area contributed by atoms with Gasteiger partial charge in [-0.2, -0.15) is 0 Å². The average Bonchev–Trinajstić information content (AvgIpc) is 2.63. The highest BCUT2D eigenvalue weighted by atomic mass is 32.2. The Balaban J connectivity index is 1.80. The summed E-state index contributed by atoms with van der Waals surface area (Å²) in [6.07, 6.45) is 0. The van der Waals surface area contributed by atoms with Gasteiger partial charge in [-0.15, -0.1) is 11.8 Å². The maximum Gasteiger partial charge on any atom is 0.341 e. The Morgan fingerprint density at radius 2 is 1.75 bits per heavy atom. The van der Waals surface area contributed by atoms with Crippen molar-refractivity contribution in [1.29, 1.82) is 0 Å². The number of aryl methyl sites for hydroxylation is 1. The van der Waals surface area contributed by atoms with Crippen LogP contribution in [0.3, 0.4) is 0 Å². The lowest BCUT2D eigenvalue weighted by Gasteiger charge is -2.19. The molecule has 0 atom stereocenters. The molecule has 0 saturated heterocycles. The number of hydrogen-bond donors (Lipinski definition) is 1. The predicted molar refractivity (Wildman–Crippen MR) is 115 cm³/mol. The zero-order valence-electron chi connectivity index (χ0n) is 17.0. The van der Waals surface area contributed by atoms with Gasteiger partial charge >= 0.3 is 5.97 Å². The van der Waals surface area contributed by atoms with Crippen molar-refractivity contribution in [2.75, 3.05) is 19.0 Å². The minimum atomic E-state index is -0.984. The number of carbonyl (C=O) groups is 1. The Kier molecular flexibility index (Phi) is 7.58. The summed E-state index contributed by atoms with van der Waals surface area (Å²) in [5, 5.41) is 8.70. The second kappa shape index (κ2) is 9.69. The standard InChI is InChI=1S/C23H28O4S/c1-16(13-26-19-8-6-18(7-9-19)23(3,4)5)15-28-20-10-11-21(17(2)12-20)27-14-22(24)25/h6-12H,1,13-15H2,2-5H3,(H,24,25). The number of ether oxygens (including phenoxy) is 2. The number of aliphatic carboxylic acids is 1. The Bertz CT molecular complexity index is 819. The monoisotopic (exact) mass is 400 g/mol. The topological polar surface area (TPSA) is 55.8 Å². The zero-order valence-corrected chi connectivity index (χ0v) is 17.8. The second-order valence-corrected chi connectivity index (χ2v) is 8.76. The molecule has 0 aromatic heterocycles. The van der Waals surface area contributed by atoms with Crippen molar-refractivity contribution < 1.29 is 19.4 Å². The summed E-state index contributed by atoms with van der Waals surface area (Å²) in [7, 11) is 0. The van der Waals surface area contributed by atoms with Crippen molar-refractivity contribution in [3.63, 3.8) is 0 Å². The summed E-state index contributed by atoms with van der Waals surface area (Å²) < 4.78 is 11.1. The molecule has 5 heteroatoms. The number of hydrogen-bond acceptors (Lipinski definition) is 4. The molecule has 1 N–H and O–H groups in total. The minimum absolute atomic E-state index is 0.130. The largest absolute Gasteiger partial charge is 0.489 e. The molecule has 2 aromatic rings. The average molecular weight is 401 g/mol. The van der Waals surface area contributed by atoms with E-state index in [1.807, 2.05) is 31.2 Å². The first-order valence-electron chi connectivity index (χ1n) is 9.13.